The number of carbonyl (C=O) groups is 1. The van der Waals surface area contributed by atoms with Crippen LogP contribution in [0.15, 0.2) is 79.1 Å². The first-order valence-corrected chi connectivity index (χ1v) is 8.33. The molecule has 126 valence electrons. The number of hydrogen-bond acceptors (Lipinski definition) is 2. The molecule has 0 fully saturated rings. The third-order valence-corrected chi connectivity index (χ3v) is 3.81. The minimum absolute atomic E-state index is 0.163. The lowest BCUT2D eigenvalue weighted by atomic mass is 10.1. The summed E-state index contributed by atoms with van der Waals surface area (Å²) in [5.74, 6) is 0.598. The number of aromatic nitrogens is 1. The molecule has 25 heavy (non-hydrogen) atoms. The average Bonchev–Trinajstić information content (AvgIpc) is 2.65. The van der Waals surface area contributed by atoms with Crippen LogP contribution in [0.1, 0.15) is 28.4 Å². The van der Waals surface area contributed by atoms with Gasteiger partial charge < -0.3 is 4.74 Å². The Hall–Kier alpha value is -3.14. The highest BCUT2D eigenvalue weighted by molar-refractivity contribution is 5.98. The predicted octanol–water partition coefficient (Wildman–Crippen LogP) is 3.35. The molecule has 0 bridgehead atoms. The Labute approximate surface area is 147 Å². The van der Waals surface area contributed by atoms with Gasteiger partial charge in [0.05, 0.1) is 6.61 Å². The van der Waals surface area contributed by atoms with Crippen LogP contribution in [0, 0.1) is 0 Å². The van der Waals surface area contributed by atoms with Crippen molar-refractivity contribution >= 4 is 5.91 Å². The topological polar surface area (TPSA) is 42.2 Å². The summed E-state index contributed by atoms with van der Waals surface area (Å²) in [6.07, 6.45) is 4.57. The maximum absolute atomic E-state index is 12.3. The molecule has 0 unspecified atom stereocenters. The smallest absolute Gasteiger partial charge is 0.305 e. The van der Waals surface area contributed by atoms with E-state index in [-0.39, 0.29) is 5.91 Å². The van der Waals surface area contributed by atoms with Gasteiger partial charge in [0, 0.05) is 17.7 Å². The number of nitrogens with zero attached hydrogens (tertiary/aromatic N) is 1. The van der Waals surface area contributed by atoms with Crippen molar-refractivity contribution in [2.24, 2.45) is 0 Å². The molecular weight excluding hydrogens is 312 g/mol. The van der Waals surface area contributed by atoms with Crippen LogP contribution < -0.4 is 14.8 Å². The second-order valence-electron chi connectivity index (χ2n) is 5.67. The van der Waals surface area contributed by atoms with Crippen molar-refractivity contribution in [3.05, 3.63) is 95.8 Å². The summed E-state index contributed by atoms with van der Waals surface area (Å²) in [5, 5.41) is 0. The van der Waals surface area contributed by atoms with Crippen molar-refractivity contribution in [3.63, 3.8) is 0 Å². The number of rotatable bonds is 6. The fourth-order valence-electron chi connectivity index (χ4n) is 2.53. The van der Waals surface area contributed by atoms with Crippen LogP contribution in [-0.4, -0.2) is 12.5 Å². The first-order valence-electron chi connectivity index (χ1n) is 8.33. The van der Waals surface area contributed by atoms with Gasteiger partial charge in [0.2, 0.25) is 0 Å². The van der Waals surface area contributed by atoms with Crippen LogP contribution in [0.4, 0.5) is 0 Å². The number of hydrogen-bond donors (Lipinski definition) is 1. The van der Waals surface area contributed by atoms with Gasteiger partial charge in [-0.25, -0.2) is 0 Å². The molecule has 3 aromatic rings. The minimum atomic E-state index is -0.163. The van der Waals surface area contributed by atoms with Gasteiger partial charge in [-0.2, -0.15) is 0 Å². The monoisotopic (exact) mass is 333 g/mol. The summed E-state index contributed by atoms with van der Waals surface area (Å²) in [4.78, 5) is 12.3. The summed E-state index contributed by atoms with van der Waals surface area (Å²) >= 11 is 0. The number of carbonyl (C=O) groups excluding carboxylic acids is 1. The van der Waals surface area contributed by atoms with E-state index in [9.17, 15) is 4.79 Å². The van der Waals surface area contributed by atoms with E-state index in [0.29, 0.717) is 12.2 Å². The molecule has 2 aromatic carbocycles. The van der Waals surface area contributed by atoms with Crippen molar-refractivity contribution in [1.82, 2.24) is 0 Å². The summed E-state index contributed by atoms with van der Waals surface area (Å²) in [6.45, 7) is 2.54. The molecular formula is C21H21N2O2+. The number of ether oxygens (including phenoxy) is 1. The lowest BCUT2D eigenvalue weighted by molar-refractivity contribution is -0.641. The zero-order valence-corrected chi connectivity index (χ0v) is 14.2. The van der Waals surface area contributed by atoms with Crippen molar-refractivity contribution < 1.29 is 14.2 Å². The molecule has 1 amide bonds. The highest BCUT2D eigenvalue weighted by Crippen LogP contribution is 2.12. The van der Waals surface area contributed by atoms with Crippen LogP contribution in [0.3, 0.4) is 0 Å². The first-order chi connectivity index (χ1) is 12.2. The van der Waals surface area contributed by atoms with E-state index >= 15 is 0 Å². The SMILES string of the molecule is CCOc1ccc(C(=O)N[n+]2ccc(Cc3ccccc3)cc2)cc1. The summed E-state index contributed by atoms with van der Waals surface area (Å²) in [6, 6.07) is 21.4. The maximum Gasteiger partial charge on any atom is 0.305 e. The number of pyridine rings is 1. The van der Waals surface area contributed by atoms with Gasteiger partial charge in [0.1, 0.15) is 5.75 Å². The molecule has 0 aliphatic rings. The molecule has 0 atom stereocenters. The lowest BCUT2D eigenvalue weighted by Crippen LogP contribution is -2.47. The van der Waals surface area contributed by atoms with Crippen LogP contribution in [0.5, 0.6) is 5.75 Å². The number of amides is 1. The van der Waals surface area contributed by atoms with Crippen LogP contribution in [-0.2, 0) is 6.42 Å². The number of benzene rings is 2. The summed E-state index contributed by atoms with van der Waals surface area (Å²) in [5.41, 5.74) is 5.88. The van der Waals surface area contributed by atoms with Gasteiger partial charge in [0.25, 0.3) is 0 Å². The normalized spacial score (nSPS) is 10.3. The molecule has 1 heterocycles. The van der Waals surface area contributed by atoms with Crippen molar-refractivity contribution in [1.29, 1.82) is 0 Å². The molecule has 0 saturated heterocycles. The van der Waals surface area contributed by atoms with Gasteiger partial charge >= 0.3 is 5.91 Å². The Morgan fingerprint density at radius 3 is 2.20 bits per heavy atom. The van der Waals surface area contributed by atoms with Crippen molar-refractivity contribution in [2.45, 2.75) is 13.3 Å². The Bertz CT molecular complexity index is 813. The molecule has 0 saturated carbocycles. The Balaban J connectivity index is 1.61. The van der Waals surface area contributed by atoms with E-state index in [1.165, 1.54) is 11.1 Å². The average molecular weight is 333 g/mol. The molecule has 0 radical (unpaired) electrons. The van der Waals surface area contributed by atoms with Crippen LogP contribution >= 0.6 is 0 Å². The minimum Gasteiger partial charge on any atom is -0.494 e. The molecule has 1 aromatic heterocycles. The highest BCUT2D eigenvalue weighted by Gasteiger charge is 2.11. The van der Waals surface area contributed by atoms with Crippen LogP contribution in [0.2, 0.25) is 0 Å². The van der Waals surface area contributed by atoms with E-state index in [1.54, 1.807) is 28.9 Å². The van der Waals surface area contributed by atoms with Gasteiger partial charge in [-0.3, -0.25) is 4.79 Å². The van der Waals surface area contributed by atoms with Crippen LogP contribution in [0.25, 0.3) is 0 Å². The fraction of sp³-hybridized carbons (Fsp3) is 0.143. The third kappa shape index (κ3) is 4.67. The molecule has 4 heteroatoms. The third-order valence-electron chi connectivity index (χ3n) is 3.81. The van der Waals surface area contributed by atoms with Gasteiger partial charge in [-0.1, -0.05) is 35.0 Å². The fourth-order valence-corrected chi connectivity index (χ4v) is 2.53. The van der Waals surface area contributed by atoms with Crippen molar-refractivity contribution in [3.8, 4) is 5.75 Å². The Morgan fingerprint density at radius 1 is 0.920 bits per heavy atom. The quantitative estimate of drug-likeness (QED) is 0.703. The lowest BCUT2D eigenvalue weighted by Gasteiger charge is -2.04. The van der Waals surface area contributed by atoms with E-state index in [0.717, 1.165) is 12.2 Å². The molecule has 0 aliphatic heterocycles. The van der Waals surface area contributed by atoms with E-state index in [4.69, 9.17) is 4.74 Å². The second-order valence-corrected chi connectivity index (χ2v) is 5.67. The first kappa shape index (κ1) is 16.7. The van der Waals surface area contributed by atoms with Gasteiger partial charge in [0.15, 0.2) is 12.4 Å². The molecule has 1 N–H and O–H groups in total. The zero-order chi connectivity index (χ0) is 17.5. The van der Waals surface area contributed by atoms with Gasteiger partial charge in [-0.15, -0.1) is 5.43 Å². The van der Waals surface area contributed by atoms with E-state index < -0.39 is 0 Å². The maximum atomic E-state index is 12.3. The predicted molar refractivity (Wildman–Crippen MR) is 97.2 cm³/mol. The highest BCUT2D eigenvalue weighted by atomic mass is 16.5. The number of nitrogens with one attached hydrogen (secondary N) is 1. The van der Waals surface area contributed by atoms with Gasteiger partial charge in [-0.05, 0) is 48.7 Å². The van der Waals surface area contributed by atoms with E-state index in [1.807, 2.05) is 49.6 Å². The summed E-state index contributed by atoms with van der Waals surface area (Å²) in [7, 11) is 0. The Morgan fingerprint density at radius 2 is 1.56 bits per heavy atom. The zero-order valence-electron chi connectivity index (χ0n) is 14.2. The molecule has 4 nitrogen and oxygen atoms in total. The standard InChI is InChI=1S/C21H20N2O2/c1-2-25-20-10-8-19(9-11-20)21(24)22-23-14-12-18(13-15-23)16-17-6-4-3-5-7-17/h3-15H,2,16H2,1H3/p+1. The summed E-state index contributed by atoms with van der Waals surface area (Å²) < 4.78 is 7.04. The molecule has 0 spiro atoms. The molecule has 0 aliphatic carbocycles. The van der Waals surface area contributed by atoms with E-state index in [2.05, 4.69) is 17.6 Å². The van der Waals surface area contributed by atoms with Crippen molar-refractivity contribution in [2.75, 3.05) is 12.0 Å². The Kier molecular flexibility index (Phi) is 5.42. The largest absolute Gasteiger partial charge is 0.494 e. The molecule has 3 rings (SSSR count). The second kappa shape index (κ2) is 8.11.